The molecule has 0 atom stereocenters. The predicted octanol–water partition coefficient (Wildman–Crippen LogP) is 2.88. The maximum absolute atomic E-state index is 12.3. The molecule has 0 radical (unpaired) electrons. The molecule has 2 fully saturated rings. The summed E-state index contributed by atoms with van der Waals surface area (Å²) in [6.45, 7) is 4.98. The molecule has 0 spiro atoms. The number of amides is 2. The van der Waals surface area contributed by atoms with Gasteiger partial charge in [-0.2, -0.15) is 0 Å². The molecule has 142 valence electrons. The van der Waals surface area contributed by atoms with Gasteiger partial charge in [-0.1, -0.05) is 19.3 Å². The summed E-state index contributed by atoms with van der Waals surface area (Å²) in [6.07, 6.45) is 7.02. The van der Waals surface area contributed by atoms with E-state index in [0.717, 1.165) is 44.5 Å². The number of nitrogens with zero attached hydrogens (tertiary/aromatic N) is 3. The lowest BCUT2D eigenvalue weighted by atomic mass is 9.89. The summed E-state index contributed by atoms with van der Waals surface area (Å²) in [5, 5.41) is 2.94. The van der Waals surface area contributed by atoms with Gasteiger partial charge in [-0.15, -0.1) is 0 Å². The van der Waals surface area contributed by atoms with E-state index in [-0.39, 0.29) is 17.9 Å². The Morgan fingerprint density at radius 3 is 2.50 bits per heavy atom. The van der Waals surface area contributed by atoms with Crippen LogP contribution in [0.3, 0.4) is 0 Å². The summed E-state index contributed by atoms with van der Waals surface area (Å²) in [4.78, 5) is 32.4. The van der Waals surface area contributed by atoms with Gasteiger partial charge in [0.15, 0.2) is 0 Å². The second-order valence-corrected chi connectivity index (χ2v) is 6.90. The number of rotatable bonds is 4. The van der Waals surface area contributed by atoms with Crippen LogP contribution in [-0.4, -0.2) is 54.7 Å². The van der Waals surface area contributed by atoms with Crippen molar-refractivity contribution >= 4 is 23.5 Å². The number of hydrogen-bond acceptors (Lipinski definition) is 5. The lowest BCUT2D eigenvalue weighted by Crippen LogP contribution is -2.49. The molecule has 2 aliphatic rings. The number of carbonyl (C=O) groups is 2. The third-order valence-electron chi connectivity index (χ3n) is 5.15. The summed E-state index contributed by atoms with van der Waals surface area (Å²) in [6, 6.07) is 3.83. The minimum absolute atomic E-state index is 0.0907. The Labute approximate surface area is 154 Å². The van der Waals surface area contributed by atoms with Crippen LogP contribution in [-0.2, 0) is 9.53 Å². The highest BCUT2D eigenvalue weighted by Crippen LogP contribution is 2.25. The van der Waals surface area contributed by atoms with E-state index < -0.39 is 0 Å². The average molecular weight is 360 g/mol. The number of pyridine rings is 1. The van der Waals surface area contributed by atoms with Crippen LogP contribution in [0.25, 0.3) is 0 Å². The van der Waals surface area contributed by atoms with Gasteiger partial charge in [0, 0.05) is 32.1 Å². The first-order chi connectivity index (χ1) is 12.7. The predicted molar refractivity (Wildman–Crippen MR) is 100 cm³/mol. The Bertz CT molecular complexity index is 606. The maximum atomic E-state index is 12.3. The molecule has 7 heteroatoms. The topological polar surface area (TPSA) is 74.8 Å². The van der Waals surface area contributed by atoms with Crippen LogP contribution in [0.4, 0.5) is 16.3 Å². The smallest absolute Gasteiger partial charge is 0.409 e. The molecule has 1 aromatic rings. The Balaban J connectivity index is 1.50. The number of aromatic nitrogens is 1. The van der Waals surface area contributed by atoms with Crippen LogP contribution >= 0.6 is 0 Å². The molecule has 2 amide bonds. The molecule has 1 aliphatic heterocycles. The van der Waals surface area contributed by atoms with E-state index in [1.54, 1.807) is 11.1 Å². The van der Waals surface area contributed by atoms with Crippen molar-refractivity contribution < 1.29 is 14.3 Å². The molecule has 0 unspecified atom stereocenters. The quantitative estimate of drug-likeness (QED) is 0.894. The van der Waals surface area contributed by atoms with Gasteiger partial charge >= 0.3 is 6.09 Å². The first-order valence-electron chi connectivity index (χ1n) is 9.61. The number of carbonyl (C=O) groups excluding carboxylic acids is 2. The van der Waals surface area contributed by atoms with Crippen LogP contribution in [0.5, 0.6) is 0 Å². The number of nitrogens with one attached hydrogen (secondary N) is 1. The number of hydrogen-bond donors (Lipinski definition) is 1. The molecule has 2 heterocycles. The molecule has 1 N–H and O–H groups in total. The molecule has 0 bridgehead atoms. The van der Waals surface area contributed by atoms with Crippen molar-refractivity contribution in [2.24, 2.45) is 5.92 Å². The molecule has 1 saturated heterocycles. The van der Waals surface area contributed by atoms with Gasteiger partial charge < -0.3 is 19.9 Å². The van der Waals surface area contributed by atoms with Crippen LogP contribution in [0.1, 0.15) is 39.0 Å². The molecular weight excluding hydrogens is 332 g/mol. The zero-order chi connectivity index (χ0) is 18.4. The van der Waals surface area contributed by atoms with Crippen LogP contribution in [0, 0.1) is 5.92 Å². The molecular formula is C19H28N4O3. The Kier molecular flexibility index (Phi) is 6.30. The van der Waals surface area contributed by atoms with E-state index in [2.05, 4.69) is 15.2 Å². The summed E-state index contributed by atoms with van der Waals surface area (Å²) >= 11 is 0. The number of ether oxygens (including phenoxy) is 1. The molecule has 3 rings (SSSR count). The van der Waals surface area contributed by atoms with Crippen LogP contribution in [0.15, 0.2) is 18.3 Å². The Morgan fingerprint density at radius 1 is 1.15 bits per heavy atom. The van der Waals surface area contributed by atoms with E-state index in [4.69, 9.17) is 4.74 Å². The van der Waals surface area contributed by atoms with Gasteiger partial charge in [-0.3, -0.25) is 4.79 Å². The molecule has 1 saturated carbocycles. The highest BCUT2D eigenvalue weighted by Gasteiger charge is 2.23. The lowest BCUT2D eigenvalue weighted by molar-refractivity contribution is -0.120. The number of anilines is 2. The van der Waals surface area contributed by atoms with Gasteiger partial charge in [0.05, 0.1) is 18.5 Å². The van der Waals surface area contributed by atoms with E-state index in [1.807, 2.05) is 19.1 Å². The summed E-state index contributed by atoms with van der Waals surface area (Å²) in [7, 11) is 0. The average Bonchev–Trinajstić information content (AvgIpc) is 2.69. The van der Waals surface area contributed by atoms with E-state index >= 15 is 0 Å². The van der Waals surface area contributed by atoms with Crippen LogP contribution < -0.4 is 10.2 Å². The fourth-order valence-electron chi connectivity index (χ4n) is 3.60. The fourth-order valence-corrected chi connectivity index (χ4v) is 3.60. The molecule has 0 aromatic carbocycles. The van der Waals surface area contributed by atoms with E-state index in [9.17, 15) is 9.59 Å². The Morgan fingerprint density at radius 2 is 1.88 bits per heavy atom. The molecule has 1 aromatic heterocycles. The molecule has 26 heavy (non-hydrogen) atoms. The van der Waals surface area contributed by atoms with Gasteiger partial charge in [0.1, 0.15) is 5.82 Å². The monoisotopic (exact) mass is 360 g/mol. The maximum Gasteiger partial charge on any atom is 0.409 e. The standard InChI is InChI=1S/C19H28N4O3/c1-2-26-19(25)23-12-10-22(11-13-23)16-8-9-17(20-14-16)21-18(24)15-6-4-3-5-7-15/h8-9,14-15H,2-7,10-13H2,1H3,(H,20,21,24). The normalized spacial score (nSPS) is 18.5. The molecule has 1 aliphatic carbocycles. The minimum atomic E-state index is -0.244. The van der Waals surface area contributed by atoms with Crippen LogP contribution in [0.2, 0.25) is 0 Å². The van der Waals surface area contributed by atoms with Crippen molar-refractivity contribution in [3.05, 3.63) is 18.3 Å². The third-order valence-corrected chi connectivity index (χ3v) is 5.15. The lowest BCUT2D eigenvalue weighted by Gasteiger charge is -2.35. The summed E-state index contributed by atoms with van der Waals surface area (Å²) in [5.74, 6) is 0.823. The van der Waals surface area contributed by atoms with Crippen molar-refractivity contribution in [1.29, 1.82) is 0 Å². The van der Waals surface area contributed by atoms with Crippen molar-refractivity contribution in [1.82, 2.24) is 9.88 Å². The van der Waals surface area contributed by atoms with Gasteiger partial charge in [-0.25, -0.2) is 9.78 Å². The van der Waals surface area contributed by atoms with Gasteiger partial charge in [0.2, 0.25) is 5.91 Å². The second-order valence-electron chi connectivity index (χ2n) is 6.90. The highest BCUT2D eigenvalue weighted by molar-refractivity contribution is 5.91. The largest absolute Gasteiger partial charge is 0.450 e. The zero-order valence-corrected chi connectivity index (χ0v) is 15.4. The Hall–Kier alpha value is -2.31. The third kappa shape index (κ3) is 4.65. The minimum Gasteiger partial charge on any atom is -0.450 e. The number of piperazine rings is 1. The van der Waals surface area contributed by atoms with Gasteiger partial charge in [-0.05, 0) is 31.9 Å². The van der Waals surface area contributed by atoms with Crippen molar-refractivity contribution in [3.63, 3.8) is 0 Å². The van der Waals surface area contributed by atoms with Crippen molar-refractivity contribution in [3.8, 4) is 0 Å². The summed E-state index contributed by atoms with van der Waals surface area (Å²) < 4.78 is 5.04. The SMILES string of the molecule is CCOC(=O)N1CCN(c2ccc(NC(=O)C3CCCCC3)nc2)CC1. The van der Waals surface area contributed by atoms with Gasteiger partial charge in [0.25, 0.3) is 0 Å². The first kappa shape index (κ1) is 18.5. The van der Waals surface area contributed by atoms with Crippen molar-refractivity contribution in [2.75, 3.05) is 43.0 Å². The second kappa shape index (κ2) is 8.87. The summed E-state index contributed by atoms with van der Waals surface area (Å²) in [5.41, 5.74) is 1.00. The van der Waals surface area contributed by atoms with Crippen molar-refractivity contribution in [2.45, 2.75) is 39.0 Å². The van der Waals surface area contributed by atoms with E-state index in [0.29, 0.717) is 25.5 Å². The zero-order valence-electron chi connectivity index (χ0n) is 15.4. The first-order valence-corrected chi connectivity index (χ1v) is 9.61. The fraction of sp³-hybridized carbons (Fsp3) is 0.632. The molecule has 7 nitrogen and oxygen atoms in total. The van der Waals surface area contributed by atoms with E-state index in [1.165, 1.54) is 6.42 Å². The highest BCUT2D eigenvalue weighted by atomic mass is 16.6.